The lowest BCUT2D eigenvalue weighted by atomic mass is 9.63. The van der Waals surface area contributed by atoms with Crippen molar-refractivity contribution in [3.63, 3.8) is 0 Å². The van der Waals surface area contributed by atoms with Crippen LogP contribution in [0.3, 0.4) is 0 Å². The first-order valence-corrected chi connectivity index (χ1v) is 9.86. The van der Waals surface area contributed by atoms with E-state index in [-0.39, 0.29) is 35.5 Å². The quantitative estimate of drug-likeness (QED) is 0.418. The number of rotatable bonds is 4. The van der Waals surface area contributed by atoms with Gasteiger partial charge in [-0.05, 0) is 52.1 Å². The van der Waals surface area contributed by atoms with E-state index in [1.165, 1.54) is 6.21 Å². The second-order valence-electron chi connectivity index (χ2n) is 7.62. The Morgan fingerprint density at radius 2 is 1.63 bits per heavy atom. The van der Waals surface area contributed by atoms with Crippen molar-refractivity contribution >= 4 is 34.0 Å². The lowest BCUT2D eigenvalue weighted by Gasteiger charge is -2.37. The summed E-state index contributed by atoms with van der Waals surface area (Å²) in [6.45, 7) is 0. The fraction of sp³-hybridized carbons (Fsp3) is 0.450. The molecule has 1 aliphatic heterocycles. The molecule has 6 rings (SSSR count). The van der Waals surface area contributed by atoms with Crippen LogP contribution >= 0.6 is 15.9 Å². The summed E-state index contributed by atoms with van der Waals surface area (Å²) in [6.07, 6.45) is 6.96. The van der Waals surface area contributed by atoms with Gasteiger partial charge in [-0.1, -0.05) is 12.2 Å². The molecule has 2 amide bonds. The molecule has 2 saturated carbocycles. The first-order valence-electron chi connectivity index (χ1n) is 9.06. The summed E-state index contributed by atoms with van der Waals surface area (Å²) in [4.78, 5) is 25.9. The largest absolute Gasteiger partial charge is 0.496 e. The van der Waals surface area contributed by atoms with Crippen molar-refractivity contribution in [1.29, 1.82) is 0 Å². The monoisotopic (exact) mass is 430 g/mol. The minimum absolute atomic E-state index is 0.169. The molecule has 1 aromatic carbocycles. The Bertz CT molecular complexity index is 875. The molecule has 0 radical (unpaired) electrons. The standard InChI is InChI=1S/C20H19BrN2O4/c1-26-15-7-16(27-2)14(21)5-9(15)8-22-23-19(24)17-10-3-4-11(13-6-12(10)13)18(17)20(23)25/h3-5,7-8,10-13,17-18H,6H2,1-2H3/b22-8-/t10-,11-,12-,13-,17-,18+/m1/s1. The van der Waals surface area contributed by atoms with Crippen molar-refractivity contribution in [3.05, 3.63) is 34.3 Å². The molecule has 1 heterocycles. The molecule has 1 aromatic rings. The number of ether oxygens (including phenoxy) is 2. The van der Waals surface area contributed by atoms with E-state index in [1.54, 1.807) is 26.4 Å². The molecular formula is C20H19BrN2O4. The van der Waals surface area contributed by atoms with Crippen molar-refractivity contribution < 1.29 is 19.1 Å². The van der Waals surface area contributed by atoms with E-state index in [4.69, 9.17) is 9.47 Å². The minimum atomic E-state index is -0.238. The van der Waals surface area contributed by atoms with Crippen molar-refractivity contribution in [2.45, 2.75) is 6.42 Å². The van der Waals surface area contributed by atoms with E-state index in [0.29, 0.717) is 28.9 Å². The number of hydrogen-bond donors (Lipinski definition) is 0. The summed E-state index contributed by atoms with van der Waals surface area (Å²) in [6, 6.07) is 3.52. The van der Waals surface area contributed by atoms with Gasteiger partial charge in [0, 0.05) is 11.6 Å². The third kappa shape index (κ3) is 2.33. The van der Waals surface area contributed by atoms with Gasteiger partial charge in [-0.3, -0.25) is 9.59 Å². The number of carbonyl (C=O) groups excluding carboxylic acids is 2. The van der Waals surface area contributed by atoms with Gasteiger partial charge in [0.1, 0.15) is 11.5 Å². The fourth-order valence-electron chi connectivity index (χ4n) is 5.16. The maximum absolute atomic E-state index is 12.9. The number of methoxy groups -OCH3 is 2. The number of hydrogen-bond acceptors (Lipinski definition) is 5. The molecule has 6 atom stereocenters. The van der Waals surface area contributed by atoms with Crippen LogP contribution < -0.4 is 9.47 Å². The number of halogens is 1. The fourth-order valence-corrected chi connectivity index (χ4v) is 5.68. The Hall–Kier alpha value is -2.15. The minimum Gasteiger partial charge on any atom is -0.496 e. The lowest BCUT2D eigenvalue weighted by molar-refractivity contribution is -0.140. The average molecular weight is 431 g/mol. The number of nitrogens with zero attached hydrogens (tertiary/aromatic N) is 2. The van der Waals surface area contributed by atoms with Gasteiger partial charge >= 0.3 is 0 Å². The smallest absolute Gasteiger partial charge is 0.254 e. The number of hydrazone groups is 1. The molecule has 6 nitrogen and oxygen atoms in total. The van der Waals surface area contributed by atoms with E-state index in [2.05, 4.69) is 33.2 Å². The van der Waals surface area contributed by atoms with E-state index in [1.807, 2.05) is 0 Å². The van der Waals surface area contributed by atoms with Crippen molar-refractivity contribution in [2.75, 3.05) is 14.2 Å². The van der Waals surface area contributed by atoms with Gasteiger partial charge in [-0.15, -0.1) is 0 Å². The zero-order valence-corrected chi connectivity index (χ0v) is 16.5. The van der Waals surface area contributed by atoms with Crippen LogP contribution in [-0.2, 0) is 9.59 Å². The van der Waals surface area contributed by atoms with Crippen LogP contribution in [0.15, 0.2) is 33.9 Å². The van der Waals surface area contributed by atoms with Crippen LogP contribution in [0, 0.1) is 35.5 Å². The average Bonchev–Trinajstić information content (AvgIpc) is 3.45. The van der Waals surface area contributed by atoms with E-state index < -0.39 is 0 Å². The highest BCUT2D eigenvalue weighted by Crippen LogP contribution is 2.65. The normalized spacial score (nSPS) is 35.6. The van der Waals surface area contributed by atoms with E-state index in [0.717, 1.165) is 15.9 Å². The van der Waals surface area contributed by atoms with E-state index in [9.17, 15) is 9.59 Å². The topological polar surface area (TPSA) is 68.2 Å². The van der Waals surface area contributed by atoms with Crippen LogP contribution in [0.25, 0.3) is 0 Å². The molecule has 2 bridgehead atoms. The number of allylic oxidation sites excluding steroid dienone is 2. The molecule has 4 aliphatic carbocycles. The summed E-state index contributed by atoms with van der Waals surface area (Å²) >= 11 is 3.44. The molecule has 7 heteroatoms. The van der Waals surface area contributed by atoms with Gasteiger partial charge in [-0.2, -0.15) is 10.1 Å². The van der Waals surface area contributed by atoms with Crippen LogP contribution in [0.1, 0.15) is 12.0 Å². The van der Waals surface area contributed by atoms with Crippen LogP contribution in [-0.4, -0.2) is 37.3 Å². The third-order valence-electron chi connectivity index (χ3n) is 6.46. The molecule has 5 aliphatic rings. The van der Waals surface area contributed by atoms with E-state index >= 15 is 0 Å². The Morgan fingerprint density at radius 3 is 2.19 bits per heavy atom. The van der Waals surface area contributed by atoms with Crippen LogP contribution in [0.2, 0.25) is 0 Å². The van der Waals surface area contributed by atoms with Crippen molar-refractivity contribution in [3.8, 4) is 11.5 Å². The first kappa shape index (κ1) is 17.0. The highest BCUT2D eigenvalue weighted by Gasteiger charge is 2.67. The molecule has 1 saturated heterocycles. The zero-order valence-electron chi connectivity index (χ0n) is 15.0. The highest BCUT2D eigenvalue weighted by atomic mass is 79.9. The Morgan fingerprint density at radius 1 is 1.04 bits per heavy atom. The summed E-state index contributed by atoms with van der Waals surface area (Å²) in [5.41, 5.74) is 0.657. The zero-order chi connectivity index (χ0) is 18.9. The Balaban J connectivity index is 1.45. The Labute approximate surface area is 165 Å². The second kappa shape index (κ2) is 5.92. The first-order chi connectivity index (χ1) is 13.0. The SMILES string of the molecule is COc1cc(OC)c(/C=N\N2C(=O)[C@@H]3[C@@H]4C=C[C@H]([C@H]5C[C@H]45)[C@@H]3C2=O)cc1Br. The summed E-state index contributed by atoms with van der Waals surface area (Å²) < 4.78 is 11.4. The number of amides is 2. The Kier molecular flexibility index (Phi) is 3.73. The predicted molar refractivity (Wildman–Crippen MR) is 101 cm³/mol. The molecule has 0 spiro atoms. The predicted octanol–water partition coefficient (Wildman–Crippen LogP) is 2.85. The maximum Gasteiger partial charge on any atom is 0.254 e. The van der Waals surface area contributed by atoms with Gasteiger partial charge in [0.2, 0.25) is 0 Å². The molecule has 0 N–H and O–H groups in total. The number of benzene rings is 1. The van der Waals surface area contributed by atoms with Gasteiger partial charge in [-0.25, -0.2) is 0 Å². The number of carbonyl (C=O) groups is 2. The van der Waals surface area contributed by atoms with Gasteiger partial charge in [0.05, 0.1) is 36.7 Å². The van der Waals surface area contributed by atoms with Crippen molar-refractivity contribution in [2.24, 2.45) is 40.6 Å². The summed E-state index contributed by atoms with van der Waals surface area (Å²) in [5.74, 6) is 1.94. The summed E-state index contributed by atoms with van der Waals surface area (Å²) in [5, 5.41) is 5.34. The van der Waals surface area contributed by atoms with Crippen molar-refractivity contribution in [1.82, 2.24) is 5.01 Å². The van der Waals surface area contributed by atoms with Crippen LogP contribution in [0.5, 0.6) is 11.5 Å². The van der Waals surface area contributed by atoms with Gasteiger partial charge in [0.25, 0.3) is 11.8 Å². The number of imide groups is 1. The second-order valence-corrected chi connectivity index (χ2v) is 8.47. The van der Waals surface area contributed by atoms with Gasteiger partial charge < -0.3 is 9.47 Å². The molecule has 0 aromatic heterocycles. The maximum atomic E-state index is 12.9. The third-order valence-corrected chi connectivity index (χ3v) is 7.08. The molecule has 140 valence electrons. The molecule has 3 fully saturated rings. The van der Waals surface area contributed by atoms with Crippen LogP contribution in [0.4, 0.5) is 0 Å². The lowest BCUT2D eigenvalue weighted by Crippen LogP contribution is -2.40. The molecule has 0 unspecified atom stereocenters. The highest BCUT2D eigenvalue weighted by molar-refractivity contribution is 9.10. The molecular weight excluding hydrogens is 412 g/mol. The van der Waals surface area contributed by atoms with Gasteiger partial charge in [0.15, 0.2) is 0 Å². The molecule has 27 heavy (non-hydrogen) atoms. The summed E-state index contributed by atoms with van der Waals surface area (Å²) in [7, 11) is 3.12.